The number of hydrogen-bond donors (Lipinski definition) is 0. The van der Waals surface area contributed by atoms with Crippen LogP contribution in [0.3, 0.4) is 0 Å². The average molecular weight is 378 g/mol. The van der Waals surface area contributed by atoms with Crippen LogP contribution in [0.15, 0.2) is 57.7 Å². The minimum absolute atomic E-state index is 0.135. The summed E-state index contributed by atoms with van der Waals surface area (Å²) < 4.78 is 11.3. The topological polar surface area (TPSA) is 63.0 Å². The number of hydrogen-bond acceptors (Lipinski definition) is 5. The molecule has 0 saturated carbocycles. The van der Waals surface area contributed by atoms with Crippen LogP contribution in [0.4, 0.5) is 0 Å². The average Bonchev–Trinajstić information content (AvgIpc) is 2.99. The first-order valence-corrected chi connectivity index (χ1v) is 9.16. The highest BCUT2D eigenvalue weighted by Gasteiger charge is 2.42. The molecule has 0 spiro atoms. The maximum atomic E-state index is 13.3. The largest absolute Gasteiger partial charge is 0.497 e. The standard InChI is InChI=1S/C22H22N2O4/c1-23(2)11-12-24-19(14-7-6-8-15(13-14)27-3)18-20(25)16-9-4-5-10-17(16)28-21(18)22(24)26/h4-10,13,19H,11-12H2,1-3H3/t19-/m0/s1. The van der Waals surface area contributed by atoms with Gasteiger partial charge in [-0.2, -0.15) is 0 Å². The molecule has 0 aliphatic carbocycles. The Morgan fingerprint density at radius 1 is 1.11 bits per heavy atom. The first kappa shape index (κ1) is 18.3. The molecule has 1 aliphatic heterocycles. The van der Waals surface area contributed by atoms with Gasteiger partial charge in [-0.3, -0.25) is 9.59 Å². The summed E-state index contributed by atoms with van der Waals surface area (Å²) in [6, 6.07) is 14.0. The highest BCUT2D eigenvalue weighted by molar-refractivity contribution is 5.99. The summed E-state index contributed by atoms with van der Waals surface area (Å²) in [4.78, 5) is 30.2. The molecule has 6 nitrogen and oxygen atoms in total. The predicted octanol–water partition coefficient (Wildman–Crippen LogP) is 2.91. The monoisotopic (exact) mass is 378 g/mol. The third kappa shape index (κ3) is 2.96. The zero-order chi connectivity index (χ0) is 19.8. The second-order valence-corrected chi connectivity index (χ2v) is 7.15. The number of rotatable bonds is 5. The van der Waals surface area contributed by atoms with Crippen molar-refractivity contribution < 1.29 is 13.9 Å². The van der Waals surface area contributed by atoms with E-state index >= 15 is 0 Å². The third-order valence-corrected chi connectivity index (χ3v) is 5.07. The summed E-state index contributed by atoms with van der Waals surface area (Å²) in [6.45, 7) is 1.15. The summed E-state index contributed by atoms with van der Waals surface area (Å²) in [5.41, 5.74) is 1.49. The van der Waals surface area contributed by atoms with Crippen LogP contribution in [0.2, 0.25) is 0 Å². The lowest BCUT2D eigenvalue weighted by atomic mass is 9.98. The maximum absolute atomic E-state index is 13.3. The van der Waals surface area contributed by atoms with Gasteiger partial charge >= 0.3 is 0 Å². The highest BCUT2D eigenvalue weighted by atomic mass is 16.5. The van der Waals surface area contributed by atoms with Crippen molar-refractivity contribution in [3.05, 3.63) is 75.6 Å². The lowest BCUT2D eigenvalue weighted by Gasteiger charge is -2.26. The van der Waals surface area contributed by atoms with Crippen LogP contribution in [0.1, 0.15) is 27.7 Å². The molecule has 0 fully saturated rings. The number of nitrogens with zero attached hydrogens (tertiary/aromatic N) is 2. The smallest absolute Gasteiger partial charge is 0.290 e. The summed E-state index contributed by atoms with van der Waals surface area (Å²) >= 11 is 0. The van der Waals surface area contributed by atoms with Crippen LogP contribution >= 0.6 is 0 Å². The Labute approximate surface area is 162 Å². The second-order valence-electron chi connectivity index (χ2n) is 7.15. The van der Waals surface area contributed by atoms with Gasteiger partial charge in [0, 0.05) is 13.1 Å². The summed E-state index contributed by atoms with van der Waals surface area (Å²) in [5.74, 6) is 0.555. The minimum atomic E-state index is -0.501. The van der Waals surface area contributed by atoms with Gasteiger partial charge in [-0.05, 0) is 43.9 Å². The van der Waals surface area contributed by atoms with Crippen molar-refractivity contribution in [1.82, 2.24) is 9.80 Å². The van der Waals surface area contributed by atoms with Crippen molar-refractivity contribution in [2.45, 2.75) is 6.04 Å². The molecule has 2 heterocycles. The molecule has 144 valence electrons. The van der Waals surface area contributed by atoms with E-state index in [1.165, 1.54) is 0 Å². The van der Waals surface area contributed by atoms with Gasteiger partial charge in [-0.1, -0.05) is 24.3 Å². The molecule has 1 aromatic heterocycles. The van der Waals surface area contributed by atoms with E-state index in [1.807, 2.05) is 43.3 Å². The molecular weight excluding hydrogens is 356 g/mol. The SMILES string of the molecule is COc1cccc([C@H]2c3c(oc4ccccc4c3=O)C(=O)N2CCN(C)C)c1. The number of para-hydroxylation sites is 1. The summed E-state index contributed by atoms with van der Waals surface area (Å²) in [5, 5.41) is 0.483. The van der Waals surface area contributed by atoms with Crippen molar-refractivity contribution >= 4 is 16.9 Å². The van der Waals surface area contributed by atoms with E-state index in [0.717, 1.165) is 5.56 Å². The fourth-order valence-electron chi connectivity index (χ4n) is 3.66. The van der Waals surface area contributed by atoms with E-state index in [-0.39, 0.29) is 17.1 Å². The molecule has 0 saturated heterocycles. The third-order valence-electron chi connectivity index (χ3n) is 5.07. The molecule has 3 aromatic rings. The number of carbonyl (C=O) groups excluding carboxylic acids is 1. The molecule has 0 N–H and O–H groups in total. The van der Waals surface area contributed by atoms with Crippen LogP contribution in [0.5, 0.6) is 5.75 Å². The number of likely N-dealkylation sites (N-methyl/N-ethyl adjacent to an activating group) is 1. The maximum Gasteiger partial charge on any atom is 0.290 e. The van der Waals surface area contributed by atoms with Gasteiger partial charge in [0.05, 0.1) is 24.1 Å². The predicted molar refractivity (Wildman–Crippen MR) is 107 cm³/mol. The van der Waals surface area contributed by atoms with Gasteiger partial charge < -0.3 is 19.0 Å². The number of fused-ring (bicyclic) bond motifs is 2. The Morgan fingerprint density at radius 2 is 1.89 bits per heavy atom. The number of benzene rings is 2. The lowest BCUT2D eigenvalue weighted by molar-refractivity contribution is 0.0716. The van der Waals surface area contributed by atoms with E-state index in [0.29, 0.717) is 35.4 Å². The fourth-order valence-corrected chi connectivity index (χ4v) is 3.66. The van der Waals surface area contributed by atoms with Gasteiger partial charge in [0.1, 0.15) is 11.3 Å². The molecule has 0 radical (unpaired) electrons. The Hall–Kier alpha value is -3.12. The zero-order valence-corrected chi connectivity index (χ0v) is 16.1. The van der Waals surface area contributed by atoms with Crippen LogP contribution in [-0.2, 0) is 0 Å². The van der Waals surface area contributed by atoms with Crippen molar-refractivity contribution in [3.8, 4) is 5.75 Å². The molecule has 1 aliphatic rings. The molecular formula is C22H22N2O4. The van der Waals surface area contributed by atoms with E-state index in [4.69, 9.17) is 9.15 Å². The molecule has 1 atom stereocenters. The van der Waals surface area contributed by atoms with Crippen LogP contribution in [0.25, 0.3) is 11.0 Å². The number of ether oxygens (including phenoxy) is 1. The van der Waals surface area contributed by atoms with E-state index in [1.54, 1.807) is 36.3 Å². The number of carbonyl (C=O) groups is 1. The molecule has 2 aromatic carbocycles. The number of amides is 1. The minimum Gasteiger partial charge on any atom is -0.497 e. The number of methoxy groups -OCH3 is 1. The fraction of sp³-hybridized carbons (Fsp3) is 0.273. The van der Waals surface area contributed by atoms with Gasteiger partial charge in [0.25, 0.3) is 5.91 Å². The van der Waals surface area contributed by atoms with Crippen molar-refractivity contribution in [2.24, 2.45) is 0 Å². The Bertz CT molecular complexity index is 1100. The van der Waals surface area contributed by atoms with Crippen molar-refractivity contribution in [3.63, 3.8) is 0 Å². The Balaban J connectivity index is 1.93. The quantitative estimate of drug-likeness (QED) is 0.683. The first-order valence-electron chi connectivity index (χ1n) is 9.16. The summed E-state index contributed by atoms with van der Waals surface area (Å²) in [7, 11) is 5.50. The van der Waals surface area contributed by atoms with Gasteiger partial charge in [0.2, 0.25) is 5.76 Å². The second kappa shape index (κ2) is 7.13. The molecule has 4 rings (SSSR count). The van der Waals surface area contributed by atoms with Crippen molar-refractivity contribution in [2.75, 3.05) is 34.3 Å². The highest BCUT2D eigenvalue weighted by Crippen LogP contribution is 2.38. The van der Waals surface area contributed by atoms with E-state index in [2.05, 4.69) is 0 Å². The molecule has 1 amide bonds. The molecule has 0 bridgehead atoms. The first-order chi connectivity index (χ1) is 13.5. The molecule has 0 unspecified atom stereocenters. The molecule has 6 heteroatoms. The summed E-state index contributed by atoms with van der Waals surface area (Å²) in [6.07, 6.45) is 0. The van der Waals surface area contributed by atoms with Crippen LogP contribution in [-0.4, -0.2) is 50.0 Å². The normalized spacial score (nSPS) is 16.1. The Kier molecular flexibility index (Phi) is 4.65. The van der Waals surface area contributed by atoms with Crippen molar-refractivity contribution in [1.29, 1.82) is 0 Å². The van der Waals surface area contributed by atoms with Crippen LogP contribution < -0.4 is 10.2 Å². The molecule has 28 heavy (non-hydrogen) atoms. The zero-order valence-electron chi connectivity index (χ0n) is 16.1. The lowest BCUT2D eigenvalue weighted by Crippen LogP contribution is -2.35. The van der Waals surface area contributed by atoms with E-state index < -0.39 is 6.04 Å². The van der Waals surface area contributed by atoms with E-state index in [9.17, 15) is 9.59 Å². The van der Waals surface area contributed by atoms with Crippen LogP contribution in [0, 0.1) is 0 Å². The van der Waals surface area contributed by atoms with Gasteiger partial charge in [-0.15, -0.1) is 0 Å². The van der Waals surface area contributed by atoms with Gasteiger partial charge in [-0.25, -0.2) is 0 Å². The Morgan fingerprint density at radius 3 is 2.64 bits per heavy atom. The van der Waals surface area contributed by atoms with Gasteiger partial charge in [0.15, 0.2) is 5.43 Å².